The molecule has 0 unspecified atom stereocenters. The standard InChI is InChI=1S/C29H32FN7O6.C22H27N5O3.C9H11FN2O4.C7H7FN2O4.C5H8O2.C4H3FN2O2.CH4.Na.H2O/c1-17(2)20-13-21(24(39)14-23(20)38)26-32-33-29(43)37(26)19-5-3-18(4-6-19)15-34-9-11-35(12-10-34)25(40)7-8-36-16-22(30)27(41)31-28(36)42;1-14(2)17-11-18(20(29)12-19(17)28)21-24-25-22(30)27(21)16-5-3-15(4-6-16)13-26-9-7-23-8-10-26;1-2-16-7(13)3-4-12-5-6(10)8(14)11-9(12)15;8-4-3-10(2-1-5(11)12)7(14)9-6(4)13;1-3-5(6)7-4-2;5-2-1-6-4(9)7-3(2)8;;;/h3-6,13-14,16-17,38-39H,7-12,15H2,1-2H3,(H,33,43)(H,31,41,42);3-6,11-12,14,23,28-29H,7-10,13H2,1-2H3,(H,25,30);5H,2-4H2,1H3,(H,11,14,15);3H,1-2H2,(H,11,12)(H,9,13,14);3H,1,4H2,2H3;1H,(H2,6,7,8,9);1H4;;1H2/q;;;;;;;+1;/p-1. The number of esters is 2. The van der Waals surface area contributed by atoms with E-state index in [2.05, 4.69) is 51.6 Å². The Kier molecular flexibility index (Phi) is 40.0. The van der Waals surface area contributed by atoms with E-state index in [9.17, 15) is 105 Å². The summed E-state index contributed by atoms with van der Waals surface area (Å²) < 4.78 is 65.5. The number of phenolic OH excluding ortho intramolecular Hbond substituents is 4. The molecule has 0 saturated carbocycles. The number of carbonyl (C=O) groups excluding carboxylic acids is 3. The molecule has 14 N–H and O–H groups in total. The average molecular weight is 1720 g/mol. The molecule has 2 fully saturated rings. The topological polar surface area (TPSA) is 571 Å². The summed E-state index contributed by atoms with van der Waals surface area (Å²) >= 11 is 0. The van der Waals surface area contributed by atoms with Gasteiger partial charge in [-0.15, -0.1) is 0 Å². The van der Waals surface area contributed by atoms with E-state index in [-0.39, 0.29) is 140 Å². The van der Waals surface area contributed by atoms with Crippen molar-refractivity contribution in [3.05, 3.63) is 260 Å². The zero-order valence-electron chi connectivity index (χ0n) is 66.6. The summed E-state index contributed by atoms with van der Waals surface area (Å²) in [6.45, 7) is 22.5. The monoisotopic (exact) mass is 1720 g/mol. The molecule has 1 amide bonds. The fourth-order valence-electron chi connectivity index (χ4n) is 11.5. The number of aromatic hydroxyl groups is 4. The van der Waals surface area contributed by atoms with Gasteiger partial charge in [0.2, 0.25) is 29.2 Å². The molecule has 0 spiro atoms. The summed E-state index contributed by atoms with van der Waals surface area (Å²) in [4.78, 5) is 171. The van der Waals surface area contributed by atoms with Crippen LogP contribution in [0.4, 0.5) is 17.6 Å². The molecule has 0 radical (unpaired) electrons. The Labute approximate surface area is 710 Å². The number of hydrogen-bond acceptors (Lipinski definition) is 26. The SMILES string of the molecule is C.C=CC(=O)OCC.CC(C)c1cc(-c2n[nH]c(=O)n2-c2ccc(CN3CCN(C(=O)CCn4cc(F)c(=O)[nH]c4=O)CC3)cc2)c(O)cc1O.CC(C)c1cc(-c2n[nH]c(=O)n2-c2ccc(CN3CCNCC3)cc2)c(O)cc1O.CCOC(=O)CCn1cc(F)c(=O)[nH]c1=O.O=C(O)CCn1cc(F)c(=O)[nH]c1=O.O=c1[nH]cc(F)c(=O)[nH]1.[Na+].[OH-]. The van der Waals surface area contributed by atoms with E-state index in [1.54, 1.807) is 58.0 Å². The number of carbonyl (C=O) groups is 4. The number of H-pyrrole nitrogens is 7. The van der Waals surface area contributed by atoms with Crippen LogP contribution in [-0.2, 0) is 61.4 Å². The summed E-state index contributed by atoms with van der Waals surface area (Å²) in [5.41, 5.74) is -2.81. The molecule has 0 atom stereocenters. The maximum atomic E-state index is 13.5. The van der Waals surface area contributed by atoms with E-state index in [0.717, 1.165) is 70.5 Å². The number of benzene rings is 4. The van der Waals surface area contributed by atoms with Gasteiger partial charge in [0, 0.05) is 116 Å². The molecular weight excluding hydrogens is 1630 g/mol. The van der Waals surface area contributed by atoms with Crippen LogP contribution in [0.2, 0.25) is 0 Å². The number of piperazine rings is 2. The van der Waals surface area contributed by atoms with Crippen molar-refractivity contribution in [3.63, 3.8) is 0 Å². The molecule has 2 aliphatic rings. The van der Waals surface area contributed by atoms with Crippen LogP contribution in [0, 0.1) is 23.3 Å². The van der Waals surface area contributed by atoms with Crippen molar-refractivity contribution < 1.29 is 107 Å². The molecule has 0 aliphatic carbocycles. The van der Waals surface area contributed by atoms with E-state index >= 15 is 0 Å². The van der Waals surface area contributed by atoms with Gasteiger partial charge in [-0.05, 0) is 84.3 Å². The number of nitrogens with one attached hydrogen (secondary N) is 8. The van der Waals surface area contributed by atoms with Gasteiger partial charge in [0.05, 0.1) is 67.1 Å². The van der Waals surface area contributed by atoms with Crippen LogP contribution in [0.1, 0.15) is 102 Å². The van der Waals surface area contributed by atoms with E-state index in [0.29, 0.717) is 91.2 Å². The molecule has 0 bridgehead atoms. The molecule has 8 heterocycles. The van der Waals surface area contributed by atoms with Gasteiger partial charge in [0.25, 0.3) is 22.2 Å². The van der Waals surface area contributed by atoms with Crippen molar-refractivity contribution in [2.75, 3.05) is 65.6 Å². The Hall–Kier alpha value is -13.1. The molecule has 45 heteroatoms. The van der Waals surface area contributed by atoms with Crippen LogP contribution in [0.3, 0.4) is 0 Å². The smallest absolute Gasteiger partial charge is 0.870 e. The third kappa shape index (κ3) is 29.1. The number of ether oxygens (including phenoxy) is 2. The van der Waals surface area contributed by atoms with Gasteiger partial charge in [-0.25, -0.2) is 52.9 Å². The first-order chi connectivity index (χ1) is 56.5. The van der Waals surface area contributed by atoms with Gasteiger partial charge in [-0.3, -0.25) is 77.0 Å². The molecule has 10 aromatic rings. The number of hydrogen-bond donors (Lipinski definition) is 13. The quantitative estimate of drug-likeness (QED) is 0.0181. The number of amides is 1. The first-order valence-corrected chi connectivity index (χ1v) is 36.7. The van der Waals surface area contributed by atoms with E-state index in [1.165, 1.54) is 26.8 Å². The van der Waals surface area contributed by atoms with Gasteiger partial charge in [-0.1, -0.05) is 66.0 Å². The van der Waals surface area contributed by atoms with Crippen LogP contribution >= 0.6 is 0 Å². The van der Waals surface area contributed by atoms with Crippen LogP contribution < -0.4 is 91.2 Å². The number of aliphatic carboxylic acids is 1. The zero-order valence-corrected chi connectivity index (χ0v) is 68.6. The number of aryl methyl sites for hydroxylation is 3. The van der Waals surface area contributed by atoms with Gasteiger partial charge >= 0.3 is 81.6 Å². The fraction of sp³-hybridized carbons (Fsp3) is 0.351. The molecular formula is C77H93F4N18NaO22. The van der Waals surface area contributed by atoms with Crippen LogP contribution in [0.5, 0.6) is 23.0 Å². The second-order valence-electron chi connectivity index (χ2n) is 26.7. The zero-order chi connectivity index (χ0) is 87.5. The van der Waals surface area contributed by atoms with Crippen LogP contribution in [0.15, 0.2) is 158 Å². The van der Waals surface area contributed by atoms with E-state index in [1.807, 2.05) is 74.1 Å². The Morgan fingerprint density at radius 3 is 1.26 bits per heavy atom. The number of phenols is 4. The minimum atomic E-state index is -1.12. The molecule has 6 aromatic heterocycles. The second kappa shape index (κ2) is 48.2. The number of carboxylic acid groups (broad SMARTS) is 1. The number of nitrogens with zero attached hydrogens (tertiary/aromatic N) is 10. The number of aromatic amines is 7. The molecule has 4 aromatic carbocycles. The maximum absolute atomic E-state index is 13.5. The molecule has 2 aliphatic heterocycles. The Morgan fingerprint density at radius 1 is 0.516 bits per heavy atom. The third-order valence-electron chi connectivity index (χ3n) is 17.6. The van der Waals surface area contributed by atoms with Crippen LogP contribution in [-0.4, -0.2) is 203 Å². The summed E-state index contributed by atoms with van der Waals surface area (Å²) in [6.07, 6.45) is 3.74. The van der Waals surface area contributed by atoms with Gasteiger partial charge < -0.3 is 55.7 Å². The van der Waals surface area contributed by atoms with Crippen LogP contribution in [0.25, 0.3) is 34.2 Å². The second-order valence-corrected chi connectivity index (χ2v) is 26.7. The molecule has 40 nitrogen and oxygen atoms in total. The summed E-state index contributed by atoms with van der Waals surface area (Å²) in [5, 5.41) is 66.1. The average Bonchev–Trinajstić information content (AvgIpc) is 1.60. The van der Waals surface area contributed by atoms with Crippen molar-refractivity contribution in [1.29, 1.82) is 0 Å². The third-order valence-corrected chi connectivity index (χ3v) is 17.6. The Bertz CT molecular complexity index is 5850. The Balaban J connectivity index is 0.000000342. The number of halogens is 4. The predicted molar refractivity (Wildman–Crippen MR) is 429 cm³/mol. The summed E-state index contributed by atoms with van der Waals surface area (Å²) in [7, 11) is 0. The molecule has 12 rings (SSSR count). The minimum Gasteiger partial charge on any atom is -0.870 e. The first kappa shape index (κ1) is 101. The van der Waals surface area contributed by atoms with E-state index < -0.39 is 91.6 Å². The normalized spacial score (nSPS) is 12.2. The van der Waals surface area contributed by atoms with Crippen molar-refractivity contribution in [1.82, 2.24) is 88.2 Å². The summed E-state index contributed by atoms with van der Waals surface area (Å²) in [6, 6.07) is 21.0. The van der Waals surface area contributed by atoms with Gasteiger partial charge in [0.15, 0.2) is 11.6 Å². The number of carboxylic acids is 1. The van der Waals surface area contributed by atoms with Gasteiger partial charge in [0.1, 0.15) is 23.0 Å². The maximum Gasteiger partial charge on any atom is 1.00 e. The van der Waals surface area contributed by atoms with Gasteiger partial charge in [-0.2, -0.15) is 27.8 Å². The first-order valence-electron chi connectivity index (χ1n) is 36.7. The molecule has 652 valence electrons. The van der Waals surface area contributed by atoms with Crippen molar-refractivity contribution in [2.45, 2.75) is 113 Å². The van der Waals surface area contributed by atoms with Crippen molar-refractivity contribution in [2.24, 2.45) is 0 Å². The molecule has 2 saturated heterocycles. The fourth-order valence-corrected chi connectivity index (χ4v) is 11.5. The Morgan fingerprint density at radius 2 is 0.902 bits per heavy atom. The number of aromatic nitrogens is 14. The molecule has 122 heavy (non-hydrogen) atoms. The largest absolute Gasteiger partial charge is 1.00 e. The summed E-state index contributed by atoms with van der Waals surface area (Å²) in [5.74, 6) is -6.16. The predicted octanol–water partition coefficient (Wildman–Crippen LogP) is -0.166. The van der Waals surface area contributed by atoms with Crippen molar-refractivity contribution >= 4 is 23.8 Å². The van der Waals surface area contributed by atoms with E-state index in [4.69, 9.17) is 5.11 Å². The number of rotatable bonds is 22. The minimum absolute atomic E-state index is 0. The van der Waals surface area contributed by atoms with Crippen molar-refractivity contribution in [3.8, 4) is 57.1 Å².